The van der Waals surface area contributed by atoms with Crippen molar-refractivity contribution in [2.24, 2.45) is 0 Å². The van der Waals surface area contributed by atoms with Crippen molar-refractivity contribution in [3.63, 3.8) is 0 Å². The smallest absolute Gasteiger partial charge is 0.335 e. The SMILES string of the molecule is CC(C)(C)Nc1cc(CO[PH](=O)OC(C)(C)C)ccc1OC1OC(C(=O)O)C(O)C(O)C1O. The minimum absolute atomic E-state index is 0.00152. The van der Waals surface area contributed by atoms with E-state index in [1.165, 1.54) is 6.07 Å². The van der Waals surface area contributed by atoms with Crippen LogP contribution in [0.5, 0.6) is 5.75 Å². The molecule has 0 bridgehead atoms. The molecule has 1 heterocycles. The molecule has 1 aliphatic rings. The molecular formula is C21H34NO10P. The maximum atomic E-state index is 12.0. The molecule has 188 valence electrons. The second-order valence-electron chi connectivity index (χ2n) is 9.81. The van der Waals surface area contributed by atoms with E-state index in [0.717, 1.165) is 0 Å². The first kappa shape index (κ1) is 27.5. The summed E-state index contributed by atoms with van der Waals surface area (Å²) in [5, 5.41) is 42.6. The molecule has 11 nitrogen and oxygen atoms in total. The lowest BCUT2D eigenvalue weighted by atomic mass is 9.99. The van der Waals surface area contributed by atoms with Gasteiger partial charge in [-0.05, 0) is 59.2 Å². The minimum Gasteiger partial charge on any atom is -0.479 e. The molecule has 33 heavy (non-hydrogen) atoms. The van der Waals surface area contributed by atoms with Gasteiger partial charge in [-0.2, -0.15) is 0 Å². The highest BCUT2D eigenvalue weighted by Crippen LogP contribution is 2.35. The number of carboxylic acid groups (broad SMARTS) is 1. The number of carbonyl (C=O) groups is 1. The largest absolute Gasteiger partial charge is 0.479 e. The van der Waals surface area contributed by atoms with Crippen LogP contribution in [-0.4, -0.2) is 68.2 Å². The maximum absolute atomic E-state index is 12.0. The number of ether oxygens (including phenoxy) is 2. The molecule has 0 aliphatic carbocycles. The molecule has 1 saturated heterocycles. The van der Waals surface area contributed by atoms with Gasteiger partial charge in [0, 0.05) is 5.54 Å². The van der Waals surface area contributed by atoms with Crippen LogP contribution in [0.2, 0.25) is 0 Å². The fraction of sp³-hybridized carbons (Fsp3) is 0.667. The molecule has 1 aromatic rings. The normalized spacial score (nSPS) is 27.1. The van der Waals surface area contributed by atoms with Crippen molar-refractivity contribution in [1.82, 2.24) is 0 Å². The van der Waals surface area contributed by atoms with Gasteiger partial charge in [-0.3, -0.25) is 4.57 Å². The van der Waals surface area contributed by atoms with Gasteiger partial charge in [0.05, 0.1) is 17.9 Å². The Morgan fingerprint density at radius 3 is 2.27 bits per heavy atom. The van der Waals surface area contributed by atoms with Gasteiger partial charge in [0.15, 0.2) is 6.10 Å². The summed E-state index contributed by atoms with van der Waals surface area (Å²) in [4.78, 5) is 11.3. The number of rotatable bonds is 8. The van der Waals surface area contributed by atoms with Gasteiger partial charge >= 0.3 is 14.2 Å². The van der Waals surface area contributed by atoms with Crippen LogP contribution in [0, 0.1) is 0 Å². The Morgan fingerprint density at radius 1 is 1.09 bits per heavy atom. The van der Waals surface area contributed by atoms with E-state index >= 15 is 0 Å². The van der Waals surface area contributed by atoms with Crippen molar-refractivity contribution in [3.8, 4) is 5.75 Å². The van der Waals surface area contributed by atoms with Crippen molar-refractivity contribution < 1.29 is 48.3 Å². The summed E-state index contributed by atoms with van der Waals surface area (Å²) in [6, 6.07) is 4.85. The number of nitrogens with one attached hydrogen (secondary N) is 1. The van der Waals surface area contributed by atoms with E-state index in [-0.39, 0.29) is 12.4 Å². The molecule has 1 fully saturated rings. The van der Waals surface area contributed by atoms with Gasteiger partial charge in [0.25, 0.3) is 0 Å². The Labute approximate surface area is 193 Å². The maximum Gasteiger partial charge on any atom is 0.335 e. The highest BCUT2D eigenvalue weighted by Gasteiger charge is 2.48. The molecule has 0 amide bonds. The fourth-order valence-electron chi connectivity index (χ4n) is 2.97. The van der Waals surface area contributed by atoms with E-state index in [1.807, 2.05) is 20.8 Å². The first-order chi connectivity index (χ1) is 15.1. The molecule has 1 aromatic carbocycles. The Hall–Kier alpha value is -1.72. The first-order valence-corrected chi connectivity index (χ1v) is 11.7. The molecule has 1 aliphatic heterocycles. The minimum atomic E-state index is -2.72. The number of aliphatic hydroxyl groups excluding tert-OH is 3. The second kappa shape index (κ2) is 10.7. The fourth-order valence-corrected chi connectivity index (χ4v) is 3.81. The van der Waals surface area contributed by atoms with Gasteiger partial charge in [0.1, 0.15) is 24.1 Å². The van der Waals surface area contributed by atoms with Gasteiger partial charge in [0.2, 0.25) is 6.29 Å². The summed E-state index contributed by atoms with van der Waals surface area (Å²) < 4.78 is 33.5. The monoisotopic (exact) mass is 491 g/mol. The molecule has 6 atom stereocenters. The van der Waals surface area contributed by atoms with Gasteiger partial charge in [-0.1, -0.05) is 6.07 Å². The van der Waals surface area contributed by atoms with Gasteiger partial charge < -0.3 is 44.3 Å². The van der Waals surface area contributed by atoms with Crippen LogP contribution in [0.1, 0.15) is 47.1 Å². The first-order valence-electron chi connectivity index (χ1n) is 10.4. The molecule has 0 aromatic heterocycles. The zero-order valence-electron chi connectivity index (χ0n) is 19.6. The average Bonchev–Trinajstić information content (AvgIpc) is 2.65. The van der Waals surface area contributed by atoms with Gasteiger partial charge in [-0.25, -0.2) is 4.79 Å². The van der Waals surface area contributed by atoms with Crippen LogP contribution in [-0.2, 0) is 29.8 Å². The third-order valence-corrected chi connectivity index (χ3v) is 5.52. The predicted molar refractivity (Wildman–Crippen MR) is 119 cm³/mol. The Morgan fingerprint density at radius 2 is 1.73 bits per heavy atom. The topological polar surface area (TPSA) is 164 Å². The van der Waals surface area contributed by atoms with Crippen molar-refractivity contribution >= 4 is 19.9 Å². The van der Waals surface area contributed by atoms with Crippen molar-refractivity contribution in [1.29, 1.82) is 0 Å². The van der Waals surface area contributed by atoms with E-state index < -0.39 is 56.1 Å². The van der Waals surface area contributed by atoms with Crippen LogP contribution < -0.4 is 10.1 Å². The highest BCUT2D eigenvalue weighted by molar-refractivity contribution is 7.33. The third kappa shape index (κ3) is 8.22. The Balaban J connectivity index is 2.23. The average molecular weight is 491 g/mol. The van der Waals surface area contributed by atoms with Crippen LogP contribution >= 0.6 is 8.25 Å². The van der Waals surface area contributed by atoms with E-state index in [9.17, 15) is 29.8 Å². The Bertz CT molecular complexity index is 850. The summed E-state index contributed by atoms with van der Waals surface area (Å²) in [5.41, 5.74) is 0.0860. The lowest BCUT2D eigenvalue weighted by molar-refractivity contribution is -0.271. The lowest BCUT2D eigenvalue weighted by Crippen LogP contribution is -2.61. The molecule has 12 heteroatoms. The van der Waals surface area contributed by atoms with Crippen LogP contribution in [0.15, 0.2) is 18.2 Å². The van der Waals surface area contributed by atoms with Crippen LogP contribution in [0.4, 0.5) is 5.69 Å². The second-order valence-corrected chi connectivity index (χ2v) is 10.8. The summed E-state index contributed by atoms with van der Waals surface area (Å²) in [7, 11) is -2.72. The van der Waals surface area contributed by atoms with Crippen LogP contribution in [0.25, 0.3) is 0 Å². The predicted octanol–water partition coefficient (Wildman–Crippen LogP) is 1.89. The number of benzene rings is 1. The van der Waals surface area contributed by atoms with Crippen molar-refractivity contribution in [3.05, 3.63) is 23.8 Å². The quantitative estimate of drug-likeness (QED) is 0.337. The number of aliphatic carboxylic acids is 1. The summed E-state index contributed by atoms with van der Waals surface area (Å²) in [6.45, 7) is 11.0. The molecule has 6 unspecified atom stereocenters. The number of hydrogen-bond donors (Lipinski definition) is 5. The molecule has 0 spiro atoms. The highest BCUT2D eigenvalue weighted by atomic mass is 31.1. The van der Waals surface area contributed by atoms with Gasteiger partial charge in [-0.15, -0.1) is 0 Å². The van der Waals surface area contributed by atoms with E-state index in [2.05, 4.69) is 5.32 Å². The van der Waals surface area contributed by atoms with Crippen molar-refractivity contribution in [2.45, 2.75) is 90.0 Å². The van der Waals surface area contributed by atoms with Crippen LogP contribution in [0.3, 0.4) is 0 Å². The third-order valence-electron chi connectivity index (χ3n) is 4.36. The molecule has 0 saturated carbocycles. The molecule has 2 rings (SSSR count). The van der Waals surface area contributed by atoms with E-state index in [0.29, 0.717) is 11.3 Å². The summed E-state index contributed by atoms with van der Waals surface area (Å²) in [6.07, 6.45) is -8.62. The number of aliphatic hydroxyl groups is 3. The number of carboxylic acids is 1. The molecule has 5 N–H and O–H groups in total. The van der Waals surface area contributed by atoms with Crippen molar-refractivity contribution in [2.75, 3.05) is 5.32 Å². The number of anilines is 1. The summed E-state index contributed by atoms with van der Waals surface area (Å²) in [5.74, 6) is -1.31. The molecular weight excluding hydrogens is 457 g/mol. The zero-order valence-corrected chi connectivity index (χ0v) is 20.6. The van der Waals surface area contributed by atoms with E-state index in [1.54, 1.807) is 32.9 Å². The molecule has 0 radical (unpaired) electrons. The standard InChI is InChI=1S/C21H34NO10P/c1-20(2,3)22-12-9-11(10-29-33(28)32-21(4,5)6)7-8-13(12)30-19-16(25)14(23)15(24)17(31-19)18(26)27/h7-9,14-17,19,22-25,33H,10H2,1-6H3,(H,26,27). The van der Waals surface area contributed by atoms with E-state index in [4.69, 9.17) is 18.5 Å². The zero-order chi connectivity index (χ0) is 25.1. The lowest BCUT2D eigenvalue weighted by Gasteiger charge is -2.38. The Kier molecular flexibility index (Phi) is 8.92. The summed E-state index contributed by atoms with van der Waals surface area (Å²) >= 11 is 0. The number of hydrogen-bond acceptors (Lipinski definition) is 10.